The fourth-order valence-electron chi connectivity index (χ4n) is 3.04. The Morgan fingerprint density at radius 1 is 1.38 bits per heavy atom. The third-order valence-electron chi connectivity index (χ3n) is 4.47. The molecule has 1 aromatic rings. The van der Waals surface area contributed by atoms with Crippen LogP contribution in [0.3, 0.4) is 0 Å². The molecule has 0 amide bonds. The molecular weight excluding hydrogens is 258 g/mol. The third kappa shape index (κ3) is 4.70. The molecule has 0 radical (unpaired) electrons. The first-order chi connectivity index (χ1) is 10.1. The van der Waals surface area contributed by atoms with Gasteiger partial charge in [-0.3, -0.25) is 0 Å². The highest BCUT2D eigenvalue weighted by Crippen LogP contribution is 2.24. The Bertz CT molecular complexity index is 442. The topological polar surface area (TPSA) is 28.2 Å². The van der Waals surface area contributed by atoms with Gasteiger partial charge in [0, 0.05) is 25.3 Å². The first kappa shape index (κ1) is 16.3. The summed E-state index contributed by atoms with van der Waals surface area (Å²) in [6, 6.07) is 4.46. The normalized spacial score (nSPS) is 19.3. The van der Waals surface area contributed by atoms with Crippen LogP contribution in [0.1, 0.15) is 51.3 Å². The average Bonchev–Trinajstić information content (AvgIpc) is 2.48. The Labute approximate surface area is 130 Å². The van der Waals surface area contributed by atoms with Crippen LogP contribution in [0.5, 0.6) is 0 Å². The maximum absolute atomic E-state index is 4.85. The van der Waals surface area contributed by atoms with Gasteiger partial charge in [0.05, 0.1) is 0 Å². The first-order valence-corrected chi connectivity index (χ1v) is 8.52. The van der Waals surface area contributed by atoms with Gasteiger partial charge in [-0.15, -0.1) is 0 Å². The number of pyridine rings is 1. The zero-order chi connectivity index (χ0) is 15.2. The van der Waals surface area contributed by atoms with E-state index < -0.39 is 0 Å². The fourth-order valence-corrected chi connectivity index (χ4v) is 3.04. The van der Waals surface area contributed by atoms with Gasteiger partial charge in [-0.2, -0.15) is 0 Å². The molecule has 21 heavy (non-hydrogen) atoms. The summed E-state index contributed by atoms with van der Waals surface area (Å²) in [5.74, 6) is 2.70. The Kier molecular flexibility index (Phi) is 6.04. The second-order valence-electron chi connectivity index (χ2n) is 6.80. The minimum absolute atomic E-state index is 0.692. The summed E-state index contributed by atoms with van der Waals surface area (Å²) in [4.78, 5) is 7.32. The first-order valence-electron chi connectivity index (χ1n) is 8.52. The van der Waals surface area contributed by atoms with Crippen molar-refractivity contribution in [2.24, 2.45) is 11.8 Å². The van der Waals surface area contributed by atoms with Gasteiger partial charge in [-0.05, 0) is 49.8 Å². The Balaban J connectivity index is 1.97. The van der Waals surface area contributed by atoms with Crippen molar-refractivity contribution < 1.29 is 0 Å². The second kappa shape index (κ2) is 7.79. The molecule has 1 saturated heterocycles. The van der Waals surface area contributed by atoms with Crippen LogP contribution in [0.4, 0.5) is 5.82 Å². The third-order valence-corrected chi connectivity index (χ3v) is 4.47. The van der Waals surface area contributed by atoms with Crippen molar-refractivity contribution in [3.63, 3.8) is 0 Å². The minimum atomic E-state index is 0.692. The summed E-state index contributed by atoms with van der Waals surface area (Å²) in [5.41, 5.74) is 2.49. The second-order valence-corrected chi connectivity index (χ2v) is 6.80. The predicted molar refractivity (Wildman–Crippen MR) is 90.7 cm³/mol. The molecule has 1 aromatic heterocycles. The molecule has 0 saturated carbocycles. The molecule has 3 nitrogen and oxygen atoms in total. The maximum Gasteiger partial charge on any atom is 0.128 e. The van der Waals surface area contributed by atoms with Crippen molar-refractivity contribution in [3.05, 3.63) is 23.4 Å². The standard InChI is InChI=1S/C18H31N3/c1-5-16-7-6-10-21(13-16)18-9-8-17(15(4)20-18)12-19-11-14(2)3/h8-9,14,16,19H,5-7,10-13H2,1-4H3. The molecule has 1 N–H and O–H groups in total. The van der Waals surface area contributed by atoms with Crippen LogP contribution >= 0.6 is 0 Å². The van der Waals surface area contributed by atoms with Crippen molar-refractivity contribution in [2.45, 2.75) is 53.5 Å². The zero-order valence-corrected chi connectivity index (χ0v) is 14.2. The lowest BCUT2D eigenvalue weighted by Gasteiger charge is -2.33. The van der Waals surface area contributed by atoms with Gasteiger partial charge in [0.1, 0.15) is 5.82 Å². The Morgan fingerprint density at radius 3 is 2.86 bits per heavy atom. The van der Waals surface area contributed by atoms with Crippen molar-refractivity contribution in [1.82, 2.24) is 10.3 Å². The summed E-state index contributed by atoms with van der Waals surface area (Å²) in [7, 11) is 0. The quantitative estimate of drug-likeness (QED) is 0.864. The van der Waals surface area contributed by atoms with Crippen LogP contribution in [0.2, 0.25) is 0 Å². The number of piperidine rings is 1. The van der Waals surface area contributed by atoms with E-state index in [-0.39, 0.29) is 0 Å². The molecule has 118 valence electrons. The van der Waals surface area contributed by atoms with Crippen LogP contribution in [0, 0.1) is 18.8 Å². The molecule has 2 heterocycles. The van der Waals surface area contributed by atoms with Crippen LogP contribution in [-0.2, 0) is 6.54 Å². The molecule has 1 aliphatic rings. The summed E-state index contributed by atoms with van der Waals surface area (Å²) in [5, 5.41) is 3.50. The molecule has 0 aliphatic carbocycles. The summed E-state index contributed by atoms with van der Waals surface area (Å²) in [6.07, 6.45) is 3.97. The lowest BCUT2D eigenvalue weighted by Crippen LogP contribution is -2.35. The van der Waals surface area contributed by atoms with Gasteiger partial charge in [0.25, 0.3) is 0 Å². The highest BCUT2D eigenvalue weighted by atomic mass is 15.2. The van der Waals surface area contributed by atoms with Gasteiger partial charge in [-0.25, -0.2) is 4.98 Å². The molecule has 0 aromatic carbocycles. The van der Waals surface area contributed by atoms with E-state index >= 15 is 0 Å². The molecule has 2 rings (SSSR count). The van der Waals surface area contributed by atoms with Crippen LogP contribution in [-0.4, -0.2) is 24.6 Å². The predicted octanol–water partition coefficient (Wildman–Crippen LogP) is 3.76. The number of anilines is 1. The highest BCUT2D eigenvalue weighted by Gasteiger charge is 2.19. The Morgan fingerprint density at radius 2 is 2.19 bits per heavy atom. The zero-order valence-electron chi connectivity index (χ0n) is 14.2. The lowest BCUT2D eigenvalue weighted by atomic mass is 9.95. The molecule has 1 atom stereocenters. The molecule has 1 aliphatic heterocycles. The number of aryl methyl sites for hydroxylation is 1. The van der Waals surface area contributed by atoms with Crippen molar-refractivity contribution in [2.75, 3.05) is 24.5 Å². The van der Waals surface area contributed by atoms with Gasteiger partial charge in [0.2, 0.25) is 0 Å². The van der Waals surface area contributed by atoms with Crippen molar-refractivity contribution in [3.8, 4) is 0 Å². The number of aromatic nitrogens is 1. The maximum atomic E-state index is 4.85. The van der Waals surface area contributed by atoms with Gasteiger partial charge < -0.3 is 10.2 Å². The highest BCUT2D eigenvalue weighted by molar-refractivity contribution is 5.42. The van der Waals surface area contributed by atoms with Crippen LogP contribution in [0.15, 0.2) is 12.1 Å². The number of nitrogens with zero attached hydrogens (tertiary/aromatic N) is 2. The molecular formula is C18H31N3. The van der Waals surface area contributed by atoms with E-state index in [4.69, 9.17) is 4.98 Å². The van der Waals surface area contributed by atoms with Gasteiger partial charge >= 0.3 is 0 Å². The lowest BCUT2D eigenvalue weighted by molar-refractivity contribution is 0.403. The van der Waals surface area contributed by atoms with Gasteiger partial charge in [-0.1, -0.05) is 33.3 Å². The fraction of sp³-hybridized carbons (Fsp3) is 0.722. The van der Waals surface area contributed by atoms with Gasteiger partial charge in [0.15, 0.2) is 0 Å². The van der Waals surface area contributed by atoms with E-state index in [0.29, 0.717) is 5.92 Å². The van der Waals surface area contributed by atoms with E-state index in [1.54, 1.807) is 0 Å². The van der Waals surface area contributed by atoms with Crippen molar-refractivity contribution >= 4 is 5.82 Å². The molecule has 1 fully saturated rings. The SMILES string of the molecule is CCC1CCCN(c2ccc(CNCC(C)C)c(C)n2)C1. The monoisotopic (exact) mass is 289 g/mol. The average molecular weight is 289 g/mol. The van der Waals surface area contributed by atoms with E-state index in [1.165, 1.54) is 42.9 Å². The van der Waals surface area contributed by atoms with Crippen LogP contribution < -0.4 is 10.2 Å². The van der Waals surface area contributed by atoms with Crippen molar-refractivity contribution in [1.29, 1.82) is 0 Å². The molecule has 0 bridgehead atoms. The van der Waals surface area contributed by atoms with Crippen LogP contribution in [0.25, 0.3) is 0 Å². The Hall–Kier alpha value is -1.09. The molecule has 1 unspecified atom stereocenters. The summed E-state index contributed by atoms with van der Waals surface area (Å²) < 4.78 is 0. The van der Waals surface area contributed by atoms with E-state index in [2.05, 4.69) is 50.0 Å². The largest absolute Gasteiger partial charge is 0.356 e. The smallest absolute Gasteiger partial charge is 0.128 e. The number of rotatable bonds is 6. The summed E-state index contributed by atoms with van der Waals surface area (Å²) >= 11 is 0. The van der Waals surface area contributed by atoms with E-state index in [0.717, 1.165) is 25.6 Å². The number of hydrogen-bond acceptors (Lipinski definition) is 3. The van der Waals surface area contributed by atoms with E-state index in [1.807, 2.05) is 0 Å². The van der Waals surface area contributed by atoms with E-state index in [9.17, 15) is 0 Å². The molecule has 3 heteroatoms. The number of hydrogen-bond donors (Lipinski definition) is 1. The number of nitrogens with one attached hydrogen (secondary N) is 1. The summed E-state index contributed by atoms with van der Waals surface area (Å²) in [6.45, 7) is 13.2. The minimum Gasteiger partial charge on any atom is -0.356 e. The molecule has 0 spiro atoms.